The van der Waals surface area contributed by atoms with Gasteiger partial charge in [-0.05, 0) is 55.4 Å². The topological polar surface area (TPSA) is 54.9 Å². The van der Waals surface area contributed by atoms with Crippen LogP contribution in [0.15, 0.2) is 53.6 Å². The van der Waals surface area contributed by atoms with Crippen LogP contribution < -0.4 is 20.2 Å². The zero-order chi connectivity index (χ0) is 18.1. The van der Waals surface area contributed by atoms with Crippen LogP contribution >= 0.6 is 12.2 Å². The van der Waals surface area contributed by atoms with Gasteiger partial charge in [0.1, 0.15) is 6.61 Å². The highest BCUT2D eigenvalue weighted by Crippen LogP contribution is 2.28. The fourth-order valence-corrected chi connectivity index (χ4v) is 2.37. The van der Waals surface area contributed by atoms with E-state index in [4.69, 9.17) is 21.7 Å². The van der Waals surface area contributed by atoms with Crippen LogP contribution in [0.4, 0.5) is 0 Å². The summed E-state index contributed by atoms with van der Waals surface area (Å²) < 4.78 is 11.2. The van der Waals surface area contributed by atoms with Crippen molar-refractivity contribution in [2.45, 2.75) is 26.5 Å². The summed E-state index contributed by atoms with van der Waals surface area (Å²) in [5, 5.41) is 7.68. The highest BCUT2D eigenvalue weighted by Gasteiger charge is 2.06. The maximum Gasteiger partial charge on any atom is 0.187 e. The number of thiocarbonyl (C=S) groups is 1. The molecule has 25 heavy (non-hydrogen) atoms. The molecular weight excluding hydrogens is 334 g/mol. The molecule has 2 rings (SSSR count). The number of methoxy groups -OCH3 is 1. The molecule has 0 aromatic heterocycles. The van der Waals surface area contributed by atoms with Crippen LogP contribution in [0.1, 0.15) is 25.0 Å². The first-order valence-corrected chi connectivity index (χ1v) is 8.43. The number of nitrogens with zero attached hydrogens (tertiary/aromatic N) is 1. The second-order valence-corrected chi connectivity index (χ2v) is 6.09. The molecule has 0 saturated carbocycles. The number of hydrazone groups is 1. The Balaban J connectivity index is 2.02. The number of ether oxygens (including phenoxy) is 2. The van der Waals surface area contributed by atoms with Crippen molar-refractivity contribution in [1.82, 2.24) is 10.7 Å². The Morgan fingerprint density at radius 3 is 2.60 bits per heavy atom. The largest absolute Gasteiger partial charge is 0.493 e. The Bertz CT molecular complexity index is 718. The molecule has 132 valence electrons. The molecular formula is C19H23N3O2S. The molecule has 0 aliphatic rings. The van der Waals surface area contributed by atoms with E-state index in [9.17, 15) is 0 Å². The van der Waals surface area contributed by atoms with E-state index in [-0.39, 0.29) is 6.04 Å². The summed E-state index contributed by atoms with van der Waals surface area (Å²) in [6.07, 6.45) is 1.68. The molecule has 0 aliphatic heterocycles. The van der Waals surface area contributed by atoms with Gasteiger partial charge in [-0.3, -0.25) is 5.43 Å². The lowest BCUT2D eigenvalue weighted by molar-refractivity contribution is 0.284. The molecule has 0 fully saturated rings. The number of rotatable bonds is 7. The Morgan fingerprint density at radius 2 is 1.92 bits per heavy atom. The minimum atomic E-state index is 0.258. The normalized spacial score (nSPS) is 10.7. The average molecular weight is 357 g/mol. The molecule has 0 atom stereocenters. The summed E-state index contributed by atoms with van der Waals surface area (Å²) in [6, 6.07) is 15.9. The van der Waals surface area contributed by atoms with Gasteiger partial charge in [0.25, 0.3) is 0 Å². The molecule has 0 saturated heterocycles. The van der Waals surface area contributed by atoms with Crippen molar-refractivity contribution in [2.75, 3.05) is 7.11 Å². The maximum absolute atomic E-state index is 5.89. The van der Waals surface area contributed by atoms with Gasteiger partial charge in [0.2, 0.25) is 0 Å². The van der Waals surface area contributed by atoms with Crippen molar-refractivity contribution < 1.29 is 9.47 Å². The van der Waals surface area contributed by atoms with Gasteiger partial charge >= 0.3 is 0 Å². The van der Waals surface area contributed by atoms with Gasteiger partial charge in [-0.1, -0.05) is 30.3 Å². The monoisotopic (exact) mass is 357 g/mol. The van der Waals surface area contributed by atoms with Gasteiger partial charge in [0, 0.05) is 6.04 Å². The van der Waals surface area contributed by atoms with E-state index in [2.05, 4.69) is 15.8 Å². The van der Waals surface area contributed by atoms with E-state index in [1.807, 2.05) is 62.4 Å². The van der Waals surface area contributed by atoms with Crippen molar-refractivity contribution >= 4 is 23.5 Å². The van der Waals surface area contributed by atoms with Gasteiger partial charge in [-0.25, -0.2) is 0 Å². The predicted octanol–water partition coefficient (Wildman–Crippen LogP) is 3.48. The smallest absolute Gasteiger partial charge is 0.187 e. The van der Waals surface area contributed by atoms with E-state index < -0.39 is 0 Å². The summed E-state index contributed by atoms with van der Waals surface area (Å²) in [5.41, 5.74) is 4.76. The minimum absolute atomic E-state index is 0.258. The first kappa shape index (κ1) is 18.7. The van der Waals surface area contributed by atoms with Crippen molar-refractivity contribution in [2.24, 2.45) is 5.10 Å². The maximum atomic E-state index is 5.89. The quantitative estimate of drug-likeness (QED) is 0.451. The third-order valence-electron chi connectivity index (χ3n) is 3.22. The summed E-state index contributed by atoms with van der Waals surface area (Å²) in [5.74, 6) is 1.34. The highest BCUT2D eigenvalue weighted by molar-refractivity contribution is 7.80. The van der Waals surface area contributed by atoms with Gasteiger partial charge in [0.15, 0.2) is 16.6 Å². The Hall–Kier alpha value is -2.60. The van der Waals surface area contributed by atoms with Crippen LogP contribution in [-0.4, -0.2) is 24.5 Å². The average Bonchev–Trinajstić information content (AvgIpc) is 2.60. The number of benzene rings is 2. The van der Waals surface area contributed by atoms with E-state index in [1.165, 1.54) is 0 Å². The predicted molar refractivity (Wildman–Crippen MR) is 105 cm³/mol. The molecule has 6 heteroatoms. The number of nitrogens with one attached hydrogen (secondary N) is 2. The first-order valence-electron chi connectivity index (χ1n) is 8.03. The first-order chi connectivity index (χ1) is 12.1. The van der Waals surface area contributed by atoms with E-state index in [0.29, 0.717) is 23.2 Å². The minimum Gasteiger partial charge on any atom is -0.493 e. The Kier molecular flexibility index (Phi) is 7.22. The van der Waals surface area contributed by atoms with Crippen LogP contribution in [0.2, 0.25) is 0 Å². The number of hydrogen-bond acceptors (Lipinski definition) is 4. The third kappa shape index (κ3) is 6.43. The second-order valence-electron chi connectivity index (χ2n) is 5.68. The van der Waals surface area contributed by atoms with Gasteiger partial charge < -0.3 is 14.8 Å². The molecule has 0 heterocycles. The zero-order valence-electron chi connectivity index (χ0n) is 14.7. The lowest BCUT2D eigenvalue weighted by atomic mass is 10.2. The molecule has 0 spiro atoms. The van der Waals surface area contributed by atoms with Crippen LogP contribution in [0.3, 0.4) is 0 Å². The molecule has 2 aromatic rings. The highest BCUT2D eigenvalue weighted by atomic mass is 32.1. The van der Waals surface area contributed by atoms with Crippen molar-refractivity contribution in [1.29, 1.82) is 0 Å². The molecule has 0 radical (unpaired) electrons. The molecule has 2 N–H and O–H groups in total. The Labute approximate surface area is 154 Å². The lowest BCUT2D eigenvalue weighted by Gasteiger charge is -2.12. The fraction of sp³-hybridized carbons (Fsp3) is 0.263. The van der Waals surface area contributed by atoms with Gasteiger partial charge in [-0.15, -0.1) is 0 Å². The SMILES string of the molecule is COc1ccc(/C=N\NC(=S)NC(C)C)cc1OCc1ccccc1. The van der Waals surface area contributed by atoms with Crippen LogP contribution in [-0.2, 0) is 6.61 Å². The van der Waals surface area contributed by atoms with Crippen molar-refractivity contribution in [3.05, 3.63) is 59.7 Å². The van der Waals surface area contributed by atoms with E-state index >= 15 is 0 Å². The molecule has 0 aliphatic carbocycles. The van der Waals surface area contributed by atoms with E-state index in [0.717, 1.165) is 11.1 Å². The van der Waals surface area contributed by atoms with Crippen LogP contribution in [0.5, 0.6) is 11.5 Å². The molecule has 0 bridgehead atoms. The summed E-state index contributed by atoms with van der Waals surface area (Å²) in [6.45, 7) is 4.49. The molecule has 0 amide bonds. The standard InChI is InChI=1S/C19H23N3O2S/c1-14(2)21-19(25)22-20-12-16-9-10-17(23-3)18(11-16)24-13-15-7-5-4-6-8-15/h4-12,14H,13H2,1-3H3,(H2,21,22,25)/b20-12-. The van der Waals surface area contributed by atoms with Crippen molar-refractivity contribution in [3.8, 4) is 11.5 Å². The second kappa shape index (κ2) is 9.64. The summed E-state index contributed by atoms with van der Waals surface area (Å²) in [4.78, 5) is 0. The fourth-order valence-electron chi connectivity index (χ4n) is 2.08. The lowest BCUT2D eigenvalue weighted by Crippen LogP contribution is -2.36. The zero-order valence-corrected chi connectivity index (χ0v) is 15.5. The summed E-state index contributed by atoms with van der Waals surface area (Å²) in [7, 11) is 1.62. The summed E-state index contributed by atoms with van der Waals surface area (Å²) >= 11 is 5.13. The molecule has 5 nitrogen and oxygen atoms in total. The Morgan fingerprint density at radius 1 is 1.16 bits per heavy atom. The molecule has 0 unspecified atom stereocenters. The third-order valence-corrected chi connectivity index (χ3v) is 3.43. The van der Waals surface area contributed by atoms with Crippen LogP contribution in [0, 0.1) is 0 Å². The number of hydrogen-bond donors (Lipinski definition) is 2. The van der Waals surface area contributed by atoms with Crippen molar-refractivity contribution in [3.63, 3.8) is 0 Å². The van der Waals surface area contributed by atoms with Gasteiger partial charge in [0.05, 0.1) is 13.3 Å². The molecule has 2 aromatic carbocycles. The van der Waals surface area contributed by atoms with Crippen LogP contribution in [0.25, 0.3) is 0 Å². The van der Waals surface area contributed by atoms with E-state index in [1.54, 1.807) is 13.3 Å². The van der Waals surface area contributed by atoms with Gasteiger partial charge in [-0.2, -0.15) is 5.10 Å².